The number of hydrogen-bond donors (Lipinski definition) is 0. The summed E-state index contributed by atoms with van der Waals surface area (Å²) in [5, 5.41) is 0. The van der Waals surface area contributed by atoms with Crippen LogP contribution in [0.25, 0.3) is 0 Å². The molecule has 0 aromatic heterocycles. The summed E-state index contributed by atoms with van der Waals surface area (Å²) in [5.41, 5.74) is 0.194. The first-order valence-electron chi connectivity index (χ1n) is 7.96. The number of hydrogen-bond acceptors (Lipinski definition) is 5. The maximum absolute atomic E-state index is 6.08. The quantitative estimate of drug-likeness (QED) is 0.570. The Kier molecular flexibility index (Phi) is 5.60. The lowest BCUT2D eigenvalue weighted by Gasteiger charge is -2.32. The number of methoxy groups -OCH3 is 2. The lowest BCUT2D eigenvalue weighted by molar-refractivity contribution is 0.00578. The summed E-state index contributed by atoms with van der Waals surface area (Å²) in [6.07, 6.45) is 0.820. The highest BCUT2D eigenvalue weighted by Crippen LogP contribution is 2.37. The van der Waals surface area contributed by atoms with Gasteiger partial charge in [-0.15, -0.1) is 0 Å². The Morgan fingerprint density at radius 1 is 0.957 bits per heavy atom. The summed E-state index contributed by atoms with van der Waals surface area (Å²) in [5.74, 6) is 1.39. The van der Waals surface area contributed by atoms with Gasteiger partial charge < -0.3 is 23.5 Å². The molecule has 1 fully saturated rings. The predicted molar refractivity (Wildman–Crippen MR) is 90.7 cm³/mol. The Morgan fingerprint density at radius 3 is 2.17 bits per heavy atom. The highest BCUT2D eigenvalue weighted by Gasteiger charge is 2.51. The zero-order chi connectivity index (χ0) is 17.1. The molecule has 0 amide bonds. The first-order chi connectivity index (χ1) is 10.8. The maximum atomic E-state index is 6.08. The van der Waals surface area contributed by atoms with E-state index in [1.165, 1.54) is 0 Å². The molecule has 0 saturated carbocycles. The number of benzene rings is 1. The molecule has 1 aromatic rings. The molecule has 1 aromatic carbocycles. The SMILES string of the molecule is COCCCOc1cc(B2OC(C)(C)C(C)(C)O2)ccc1OC. The largest absolute Gasteiger partial charge is 0.494 e. The van der Waals surface area contributed by atoms with Crippen LogP contribution in [0.1, 0.15) is 34.1 Å². The van der Waals surface area contributed by atoms with Crippen LogP contribution >= 0.6 is 0 Å². The average molecular weight is 322 g/mol. The summed E-state index contributed by atoms with van der Waals surface area (Å²) in [4.78, 5) is 0. The van der Waals surface area contributed by atoms with Crippen molar-refractivity contribution < 1.29 is 23.5 Å². The molecule has 6 heteroatoms. The van der Waals surface area contributed by atoms with Crippen LogP contribution in [-0.2, 0) is 14.0 Å². The lowest BCUT2D eigenvalue weighted by Crippen LogP contribution is -2.41. The minimum absolute atomic E-state index is 0.364. The van der Waals surface area contributed by atoms with Crippen molar-refractivity contribution in [3.8, 4) is 11.5 Å². The van der Waals surface area contributed by atoms with E-state index in [-0.39, 0.29) is 11.2 Å². The zero-order valence-electron chi connectivity index (χ0n) is 15.0. The Bertz CT molecular complexity index is 514. The molecule has 0 unspecified atom stereocenters. The molecule has 5 nitrogen and oxygen atoms in total. The van der Waals surface area contributed by atoms with Gasteiger partial charge in [0.05, 0.1) is 24.9 Å². The van der Waals surface area contributed by atoms with E-state index in [9.17, 15) is 0 Å². The molecule has 0 bridgehead atoms. The molecule has 1 heterocycles. The monoisotopic (exact) mass is 322 g/mol. The maximum Gasteiger partial charge on any atom is 0.494 e. The summed E-state index contributed by atoms with van der Waals surface area (Å²) in [6, 6.07) is 5.75. The van der Waals surface area contributed by atoms with Crippen LogP contribution in [0.5, 0.6) is 11.5 Å². The van der Waals surface area contributed by atoms with Crippen LogP contribution in [0, 0.1) is 0 Å². The lowest BCUT2D eigenvalue weighted by atomic mass is 9.79. The normalized spacial score (nSPS) is 19.0. The van der Waals surface area contributed by atoms with Crippen LogP contribution in [0.3, 0.4) is 0 Å². The van der Waals surface area contributed by atoms with Crippen molar-refractivity contribution in [2.75, 3.05) is 27.4 Å². The third-order valence-electron chi connectivity index (χ3n) is 4.46. The van der Waals surface area contributed by atoms with E-state index in [0.717, 1.165) is 11.9 Å². The van der Waals surface area contributed by atoms with E-state index in [4.69, 9.17) is 23.5 Å². The van der Waals surface area contributed by atoms with E-state index in [1.807, 2.05) is 45.9 Å². The van der Waals surface area contributed by atoms with Gasteiger partial charge in [0.1, 0.15) is 0 Å². The molecule has 1 aliphatic heterocycles. The predicted octanol–water partition coefficient (Wildman–Crippen LogP) is 2.41. The van der Waals surface area contributed by atoms with E-state index in [1.54, 1.807) is 14.2 Å². The van der Waals surface area contributed by atoms with Gasteiger partial charge in [0.25, 0.3) is 0 Å². The van der Waals surface area contributed by atoms with Gasteiger partial charge in [-0.25, -0.2) is 0 Å². The standard InChI is InChI=1S/C17H27BO5/c1-16(2)17(3,4)23-18(22-16)13-8-9-14(20-6)15(12-13)21-11-7-10-19-5/h8-9,12H,7,10-11H2,1-6H3. The minimum atomic E-state index is -0.410. The van der Waals surface area contributed by atoms with Crippen molar-refractivity contribution in [3.05, 3.63) is 18.2 Å². The van der Waals surface area contributed by atoms with Gasteiger partial charge in [0.2, 0.25) is 0 Å². The molecule has 0 aliphatic carbocycles. The molecule has 23 heavy (non-hydrogen) atoms. The zero-order valence-corrected chi connectivity index (χ0v) is 15.0. The van der Waals surface area contributed by atoms with Crippen LogP contribution < -0.4 is 14.9 Å². The molecular weight excluding hydrogens is 295 g/mol. The average Bonchev–Trinajstić information content (AvgIpc) is 2.72. The second-order valence-electron chi connectivity index (χ2n) is 6.69. The molecule has 0 atom stereocenters. The van der Waals surface area contributed by atoms with Gasteiger partial charge in [-0.1, -0.05) is 6.07 Å². The van der Waals surface area contributed by atoms with Gasteiger partial charge in [-0.3, -0.25) is 0 Å². The topological polar surface area (TPSA) is 46.2 Å². The molecule has 1 aliphatic rings. The Labute approximate surface area is 139 Å². The first kappa shape index (κ1) is 18.1. The fourth-order valence-electron chi connectivity index (χ4n) is 2.32. The smallest absolute Gasteiger partial charge is 0.493 e. The van der Waals surface area contributed by atoms with E-state index < -0.39 is 7.12 Å². The molecule has 0 radical (unpaired) electrons. The van der Waals surface area contributed by atoms with Gasteiger partial charge in [-0.2, -0.15) is 0 Å². The van der Waals surface area contributed by atoms with Crippen LogP contribution in [0.15, 0.2) is 18.2 Å². The Morgan fingerprint density at radius 2 is 1.61 bits per heavy atom. The summed E-state index contributed by atoms with van der Waals surface area (Å²) < 4.78 is 28.4. The van der Waals surface area contributed by atoms with Gasteiger partial charge >= 0.3 is 7.12 Å². The Balaban J connectivity index is 2.14. The van der Waals surface area contributed by atoms with Gasteiger partial charge in [0.15, 0.2) is 11.5 Å². The fraction of sp³-hybridized carbons (Fsp3) is 0.647. The third-order valence-corrected chi connectivity index (χ3v) is 4.46. The number of ether oxygens (including phenoxy) is 3. The van der Waals surface area contributed by atoms with E-state index >= 15 is 0 Å². The summed E-state index contributed by atoms with van der Waals surface area (Å²) in [6.45, 7) is 9.39. The summed E-state index contributed by atoms with van der Waals surface area (Å²) in [7, 11) is 2.90. The van der Waals surface area contributed by atoms with E-state index in [0.29, 0.717) is 24.7 Å². The van der Waals surface area contributed by atoms with Crippen LogP contribution in [0.2, 0.25) is 0 Å². The van der Waals surface area contributed by atoms with Crippen molar-refractivity contribution >= 4 is 12.6 Å². The highest BCUT2D eigenvalue weighted by atomic mass is 16.7. The van der Waals surface area contributed by atoms with Crippen molar-refractivity contribution in [1.82, 2.24) is 0 Å². The minimum Gasteiger partial charge on any atom is -0.493 e. The third kappa shape index (κ3) is 4.00. The van der Waals surface area contributed by atoms with Crippen molar-refractivity contribution in [1.29, 1.82) is 0 Å². The highest BCUT2D eigenvalue weighted by molar-refractivity contribution is 6.62. The van der Waals surface area contributed by atoms with Crippen molar-refractivity contribution in [2.24, 2.45) is 0 Å². The van der Waals surface area contributed by atoms with Crippen LogP contribution in [-0.4, -0.2) is 45.8 Å². The first-order valence-corrected chi connectivity index (χ1v) is 7.96. The van der Waals surface area contributed by atoms with Crippen LogP contribution in [0.4, 0.5) is 0 Å². The fourth-order valence-corrected chi connectivity index (χ4v) is 2.32. The van der Waals surface area contributed by atoms with Crippen molar-refractivity contribution in [2.45, 2.75) is 45.3 Å². The number of rotatable bonds is 7. The molecule has 1 saturated heterocycles. The van der Waals surface area contributed by atoms with Gasteiger partial charge in [-0.05, 0) is 45.3 Å². The molecule has 128 valence electrons. The second kappa shape index (κ2) is 7.12. The molecule has 2 rings (SSSR count). The summed E-state index contributed by atoms with van der Waals surface area (Å²) >= 11 is 0. The molecular formula is C17H27BO5. The Hall–Kier alpha value is -1.24. The van der Waals surface area contributed by atoms with Gasteiger partial charge in [0, 0.05) is 20.1 Å². The van der Waals surface area contributed by atoms with E-state index in [2.05, 4.69) is 0 Å². The molecule has 0 N–H and O–H groups in total. The second-order valence-corrected chi connectivity index (χ2v) is 6.69. The molecule has 0 spiro atoms. The van der Waals surface area contributed by atoms with Crippen molar-refractivity contribution in [3.63, 3.8) is 0 Å².